The molecule has 3 rings (SSSR count). The van der Waals surface area contributed by atoms with Crippen LogP contribution in [0, 0.1) is 34.9 Å². The Morgan fingerprint density at radius 3 is 1.91 bits per heavy atom. The van der Waals surface area contributed by atoms with Crippen molar-refractivity contribution in [2.24, 2.45) is 0 Å². The average Bonchev–Trinajstić information content (AvgIpc) is 2.49. The van der Waals surface area contributed by atoms with Crippen molar-refractivity contribution in [2.45, 2.75) is 0 Å². The van der Waals surface area contributed by atoms with Crippen molar-refractivity contribution in [1.82, 2.24) is 0 Å². The van der Waals surface area contributed by atoms with E-state index < -0.39 is 51.4 Å². The van der Waals surface area contributed by atoms with Gasteiger partial charge in [-0.1, -0.05) is 24.3 Å². The summed E-state index contributed by atoms with van der Waals surface area (Å²) in [6, 6.07) is 5.96. The van der Waals surface area contributed by atoms with Gasteiger partial charge in [0.15, 0.2) is 29.1 Å². The third-order valence-corrected chi connectivity index (χ3v) is 3.33. The van der Waals surface area contributed by atoms with Crippen LogP contribution in [-0.4, -0.2) is 0 Å². The van der Waals surface area contributed by atoms with E-state index in [1.54, 1.807) is 0 Å². The maximum absolute atomic E-state index is 14.1. The molecule has 6 heteroatoms. The Labute approximate surface area is 120 Å². The minimum Gasteiger partial charge on any atom is -0.206 e. The van der Waals surface area contributed by atoms with E-state index >= 15 is 0 Å². The van der Waals surface area contributed by atoms with Gasteiger partial charge in [-0.15, -0.1) is 0 Å². The van der Waals surface area contributed by atoms with Crippen molar-refractivity contribution in [3.05, 3.63) is 71.3 Å². The molecule has 0 aliphatic heterocycles. The summed E-state index contributed by atoms with van der Waals surface area (Å²) >= 11 is 0. The number of hydrogen-bond donors (Lipinski definition) is 0. The number of fused-ring (bicyclic) bond motifs is 1. The molecular formula is C16H6F6. The van der Waals surface area contributed by atoms with Crippen molar-refractivity contribution >= 4 is 10.8 Å². The summed E-state index contributed by atoms with van der Waals surface area (Å²) in [6.45, 7) is 0. The maximum Gasteiger partial charge on any atom is 0.195 e. The van der Waals surface area contributed by atoms with Gasteiger partial charge in [-0.25, -0.2) is 26.3 Å². The minimum atomic E-state index is -1.95. The molecule has 0 aromatic heterocycles. The van der Waals surface area contributed by atoms with Crippen LogP contribution in [0.3, 0.4) is 0 Å². The van der Waals surface area contributed by atoms with E-state index in [1.165, 1.54) is 0 Å². The van der Waals surface area contributed by atoms with E-state index in [1.807, 2.05) is 0 Å². The lowest BCUT2D eigenvalue weighted by Gasteiger charge is -2.12. The van der Waals surface area contributed by atoms with Crippen LogP contribution in [0.5, 0.6) is 0 Å². The van der Waals surface area contributed by atoms with Gasteiger partial charge in [0.25, 0.3) is 0 Å². The standard InChI is InChI=1S/C16H6F6/c17-9-5-1-3-7-11(8-4-2-6-10(18)13(8)19)14(20)16(22)15(21)12(7)9/h1-6H. The molecule has 22 heavy (non-hydrogen) atoms. The maximum atomic E-state index is 14.1. The molecular weight excluding hydrogens is 306 g/mol. The Kier molecular flexibility index (Phi) is 3.31. The van der Waals surface area contributed by atoms with Crippen molar-refractivity contribution in [3.63, 3.8) is 0 Å². The fraction of sp³-hybridized carbons (Fsp3) is 0. The van der Waals surface area contributed by atoms with Gasteiger partial charge in [0.05, 0.1) is 5.39 Å². The quantitative estimate of drug-likeness (QED) is 0.420. The Bertz CT molecular complexity index is 901. The highest BCUT2D eigenvalue weighted by atomic mass is 19.2. The van der Waals surface area contributed by atoms with Crippen molar-refractivity contribution in [1.29, 1.82) is 0 Å². The van der Waals surface area contributed by atoms with E-state index in [4.69, 9.17) is 0 Å². The van der Waals surface area contributed by atoms with E-state index in [0.717, 1.165) is 36.4 Å². The normalized spacial score (nSPS) is 11.2. The SMILES string of the molecule is Fc1cccc(-c2c(F)c(F)c(F)c3c(F)cccc23)c1F. The fourth-order valence-corrected chi connectivity index (χ4v) is 2.35. The summed E-state index contributed by atoms with van der Waals surface area (Å²) in [5, 5.41) is -1.21. The van der Waals surface area contributed by atoms with Crippen LogP contribution in [0.4, 0.5) is 26.3 Å². The summed E-state index contributed by atoms with van der Waals surface area (Å²) in [5.74, 6) is -9.22. The Hall–Kier alpha value is -2.50. The van der Waals surface area contributed by atoms with Gasteiger partial charge in [-0.3, -0.25) is 0 Å². The highest BCUT2D eigenvalue weighted by Gasteiger charge is 2.25. The van der Waals surface area contributed by atoms with Crippen molar-refractivity contribution in [2.75, 3.05) is 0 Å². The van der Waals surface area contributed by atoms with Crippen molar-refractivity contribution in [3.8, 4) is 11.1 Å². The molecule has 0 amide bonds. The molecule has 0 spiro atoms. The highest BCUT2D eigenvalue weighted by Crippen LogP contribution is 2.37. The lowest BCUT2D eigenvalue weighted by atomic mass is 9.96. The van der Waals surface area contributed by atoms with Crippen LogP contribution in [-0.2, 0) is 0 Å². The van der Waals surface area contributed by atoms with Gasteiger partial charge in [-0.2, -0.15) is 0 Å². The Morgan fingerprint density at radius 1 is 0.545 bits per heavy atom. The fourth-order valence-electron chi connectivity index (χ4n) is 2.35. The third kappa shape index (κ3) is 1.94. The molecule has 0 heterocycles. The van der Waals surface area contributed by atoms with Gasteiger partial charge < -0.3 is 0 Å². The molecule has 0 radical (unpaired) electrons. The molecule has 3 aromatic carbocycles. The summed E-state index contributed by atoms with van der Waals surface area (Å²) in [4.78, 5) is 0. The first-order valence-electron chi connectivity index (χ1n) is 6.12. The van der Waals surface area contributed by atoms with E-state index in [2.05, 4.69) is 0 Å². The first-order valence-corrected chi connectivity index (χ1v) is 6.12. The van der Waals surface area contributed by atoms with Gasteiger partial charge in [0, 0.05) is 11.1 Å². The molecule has 0 unspecified atom stereocenters. The zero-order valence-electron chi connectivity index (χ0n) is 10.7. The number of benzene rings is 3. The summed E-state index contributed by atoms with van der Waals surface area (Å²) in [5.41, 5.74) is -1.35. The molecule has 0 aliphatic rings. The second-order valence-corrected chi connectivity index (χ2v) is 4.58. The predicted octanol–water partition coefficient (Wildman–Crippen LogP) is 5.34. The van der Waals surface area contributed by atoms with Crippen LogP contribution in [0.1, 0.15) is 0 Å². The van der Waals surface area contributed by atoms with Gasteiger partial charge in [0.1, 0.15) is 5.82 Å². The van der Waals surface area contributed by atoms with E-state index in [9.17, 15) is 26.3 Å². The second kappa shape index (κ2) is 5.05. The van der Waals surface area contributed by atoms with Crippen LogP contribution >= 0.6 is 0 Å². The largest absolute Gasteiger partial charge is 0.206 e. The highest BCUT2D eigenvalue weighted by molar-refractivity contribution is 5.98. The minimum absolute atomic E-state index is 0.388. The predicted molar refractivity (Wildman–Crippen MR) is 69.1 cm³/mol. The number of hydrogen-bond acceptors (Lipinski definition) is 0. The summed E-state index contributed by atoms with van der Waals surface area (Å²) in [6.07, 6.45) is 0. The average molecular weight is 312 g/mol. The van der Waals surface area contributed by atoms with Crippen molar-refractivity contribution < 1.29 is 26.3 Å². The molecule has 0 N–H and O–H groups in total. The van der Waals surface area contributed by atoms with E-state index in [-0.39, 0.29) is 5.39 Å². The molecule has 3 aromatic rings. The smallest absolute Gasteiger partial charge is 0.195 e. The third-order valence-electron chi connectivity index (χ3n) is 3.33. The molecule has 0 nitrogen and oxygen atoms in total. The second-order valence-electron chi connectivity index (χ2n) is 4.58. The van der Waals surface area contributed by atoms with Crippen LogP contribution in [0.15, 0.2) is 36.4 Å². The number of rotatable bonds is 1. The van der Waals surface area contributed by atoms with Crippen LogP contribution in [0.25, 0.3) is 21.9 Å². The van der Waals surface area contributed by atoms with Crippen LogP contribution in [0.2, 0.25) is 0 Å². The van der Waals surface area contributed by atoms with Gasteiger partial charge >= 0.3 is 0 Å². The van der Waals surface area contributed by atoms with Gasteiger partial charge in [-0.05, 0) is 17.5 Å². The molecule has 0 atom stereocenters. The molecule has 0 aliphatic carbocycles. The summed E-state index contributed by atoms with van der Waals surface area (Å²) in [7, 11) is 0. The van der Waals surface area contributed by atoms with E-state index in [0.29, 0.717) is 0 Å². The lowest BCUT2D eigenvalue weighted by Crippen LogP contribution is -2.01. The summed E-state index contributed by atoms with van der Waals surface area (Å²) < 4.78 is 82.5. The van der Waals surface area contributed by atoms with Crippen LogP contribution < -0.4 is 0 Å². The number of halogens is 6. The molecule has 0 fully saturated rings. The zero-order chi connectivity index (χ0) is 16.0. The first kappa shape index (κ1) is 14.4. The topological polar surface area (TPSA) is 0 Å². The Balaban J connectivity index is 2.54. The lowest BCUT2D eigenvalue weighted by molar-refractivity contribution is 0.452. The first-order chi connectivity index (χ1) is 10.4. The zero-order valence-corrected chi connectivity index (χ0v) is 10.7. The molecule has 112 valence electrons. The Morgan fingerprint density at radius 2 is 1.18 bits per heavy atom. The molecule has 0 bridgehead atoms. The monoisotopic (exact) mass is 312 g/mol. The molecule has 0 saturated heterocycles. The molecule has 0 saturated carbocycles. The van der Waals surface area contributed by atoms with Gasteiger partial charge in [0.2, 0.25) is 0 Å².